The highest BCUT2D eigenvalue weighted by molar-refractivity contribution is 5.46. The smallest absolute Gasteiger partial charge is 0.0574 e. The van der Waals surface area contributed by atoms with E-state index < -0.39 is 0 Å². The van der Waals surface area contributed by atoms with Gasteiger partial charge in [-0.2, -0.15) is 0 Å². The highest BCUT2D eigenvalue weighted by atomic mass is 15.2. The molecule has 3 heteroatoms. The Labute approximate surface area is 123 Å². The zero-order valence-electron chi connectivity index (χ0n) is 13.4. The summed E-state index contributed by atoms with van der Waals surface area (Å²) < 4.78 is 0. The second-order valence-corrected chi connectivity index (χ2v) is 6.15. The molecule has 0 amide bonds. The number of hydrogen-bond donors (Lipinski definition) is 1. The first-order chi connectivity index (χ1) is 9.65. The van der Waals surface area contributed by atoms with Crippen LogP contribution in [0.4, 0.5) is 5.69 Å². The molecule has 1 atom stereocenters. The van der Waals surface area contributed by atoms with E-state index in [0.29, 0.717) is 12.1 Å². The Balaban J connectivity index is 2.08. The molecule has 2 rings (SSSR count). The molecule has 0 radical (unpaired) electrons. The highest BCUT2D eigenvalue weighted by Crippen LogP contribution is 2.32. The molecule has 0 saturated heterocycles. The Morgan fingerprint density at radius 2 is 2.05 bits per heavy atom. The van der Waals surface area contributed by atoms with E-state index in [2.05, 4.69) is 56.2 Å². The van der Waals surface area contributed by atoms with Crippen molar-refractivity contribution in [2.45, 2.75) is 59.0 Å². The molecule has 3 nitrogen and oxygen atoms in total. The fourth-order valence-electron chi connectivity index (χ4n) is 2.67. The summed E-state index contributed by atoms with van der Waals surface area (Å²) in [5.74, 6) is 0.905. The second kappa shape index (κ2) is 7.07. The van der Waals surface area contributed by atoms with Crippen LogP contribution in [0.5, 0.6) is 0 Å². The van der Waals surface area contributed by atoms with Crippen LogP contribution in [0.1, 0.15) is 58.7 Å². The third-order valence-electron chi connectivity index (χ3n) is 4.09. The van der Waals surface area contributed by atoms with Crippen LogP contribution in [-0.2, 0) is 0 Å². The standard InChI is InChI=1S/C17H29N3/c1-5-16(18-6-2)17-10-9-15(11-19-17)20(13(3)4)12-14-7-8-14/h9-11,13-14,16,18H,5-8,12H2,1-4H3. The summed E-state index contributed by atoms with van der Waals surface area (Å²) in [5, 5.41) is 3.49. The minimum absolute atomic E-state index is 0.380. The van der Waals surface area contributed by atoms with Crippen molar-refractivity contribution in [2.24, 2.45) is 5.92 Å². The number of pyridine rings is 1. The van der Waals surface area contributed by atoms with Crippen LogP contribution >= 0.6 is 0 Å². The maximum atomic E-state index is 4.70. The molecule has 1 aliphatic rings. The molecule has 1 aliphatic carbocycles. The van der Waals surface area contributed by atoms with Gasteiger partial charge in [-0.25, -0.2) is 0 Å². The molecule has 0 aliphatic heterocycles. The zero-order chi connectivity index (χ0) is 14.5. The highest BCUT2D eigenvalue weighted by Gasteiger charge is 2.25. The van der Waals surface area contributed by atoms with Crippen molar-refractivity contribution < 1.29 is 0 Å². The molecule has 0 aromatic carbocycles. The topological polar surface area (TPSA) is 28.2 Å². The van der Waals surface area contributed by atoms with Crippen LogP contribution in [0, 0.1) is 5.92 Å². The third kappa shape index (κ3) is 3.95. The molecule has 0 bridgehead atoms. The first-order valence-corrected chi connectivity index (χ1v) is 8.11. The fourth-order valence-corrected chi connectivity index (χ4v) is 2.67. The third-order valence-corrected chi connectivity index (χ3v) is 4.09. The van der Waals surface area contributed by atoms with E-state index >= 15 is 0 Å². The normalized spacial score (nSPS) is 16.4. The van der Waals surface area contributed by atoms with Crippen LogP contribution in [0.25, 0.3) is 0 Å². The van der Waals surface area contributed by atoms with Gasteiger partial charge in [0, 0.05) is 18.6 Å². The number of anilines is 1. The monoisotopic (exact) mass is 275 g/mol. The Morgan fingerprint density at radius 3 is 2.50 bits per heavy atom. The first-order valence-electron chi connectivity index (χ1n) is 8.11. The average molecular weight is 275 g/mol. The van der Waals surface area contributed by atoms with Crippen molar-refractivity contribution >= 4 is 5.69 Å². The fraction of sp³-hybridized carbons (Fsp3) is 0.706. The van der Waals surface area contributed by atoms with Crippen molar-refractivity contribution in [2.75, 3.05) is 18.0 Å². The van der Waals surface area contributed by atoms with Crippen LogP contribution in [-0.4, -0.2) is 24.1 Å². The molecule has 1 saturated carbocycles. The number of nitrogens with zero attached hydrogens (tertiary/aromatic N) is 2. The maximum Gasteiger partial charge on any atom is 0.0574 e. The Kier molecular flexibility index (Phi) is 5.41. The van der Waals surface area contributed by atoms with E-state index in [-0.39, 0.29) is 0 Å². The van der Waals surface area contributed by atoms with E-state index in [1.165, 1.54) is 25.1 Å². The molecular weight excluding hydrogens is 246 g/mol. The first kappa shape index (κ1) is 15.3. The van der Waals surface area contributed by atoms with E-state index in [4.69, 9.17) is 4.98 Å². The molecule has 1 aromatic heterocycles. The molecule has 1 unspecified atom stereocenters. The lowest BCUT2D eigenvalue weighted by Crippen LogP contribution is -2.33. The van der Waals surface area contributed by atoms with Gasteiger partial charge in [-0.3, -0.25) is 4.98 Å². The molecule has 1 fully saturated rings. The number of hydrogen-bond acceptors (Lipinski definition) is 3. The Hall–Kier alpha value is -1.09. The molecule has 1 heterocycles. The van der Waals surface area contributed by atoms with Crippen LogP contribution in [0.3, 0.4) is 0 Å². The summed E-state index contributed by atoms with van der Waals surface area (Å²) >= 11 is 0. The predicted molar refractivity (Wildman–Crippen MR) is 86.2 cm³/mol. The van der Waals surface area contributed by atoms with E-state index in [9.17, 15) is 0 Å². The second-order valence-electron chi connectivity index (χ2n) is 6.15. The van der Waals surface area contributed by atoms with Gasteiger partial charge in [-0.05, 0) is 57.7 Å². The van der Waals surface area contributed by atoms with Crippen molar-refractivity contribution in [3.05, 3.63) is 24.0 Å². The van der Waals surface area contributed by atoms with Crippen molar-refractivity contribution in [1.29, 1.82) is 0 Å². The summed E-state index contributed by atoms with van der Waals surface area (Å²) in [6, 6.07) is 5.35. The summed E-state index contributed by atoms with van der Waals surface area (Å²) in [4.78, 5) is 7.18. The summed E-state index contributed by atoms with van der Waals surface area (Å²) in [5.41, 5.74) is 2.43. The molecule has 112 valence electrons. The van der Waals surface area contributed by atoms with Crippen molar-refractivity contribution in [1.82, 2.24) is 10.3 Å². The largest absolute Gasteiger partial charge is 0.368 e. The van der Waals surface area contributed by atoms with Gasteiger partial charge in [0.2, 0.25) is 0 Å². The molecule has 1 N–H and O–H groups in total. The van der Waals surface area contributed by atoms with Crippen molar-refractivity contribution in [3.8, 4) is 0 Å². The Bertz CT molecular complexity index is 395. The van der Waals surface area contributed by atoms with Gasteiger partial charge in [0.15, 0.2) is 0 Å². The molecule has 20 heavy (non-hydrogen) atoms. The van der Waals surface area contributed by atoms with Gasteiger partial charge in [0.05, 0.1) is 17.6 Å². The lowest BCUT2D eigenvalue weighted by Gasteiger charge is -2.29. The van der Waals surface area contributed by atoms with Crippen molar-refractivity contribution in [3.63, 3.8) is 0 Å². The number of aromatic nitrogens is 1. The van der Waals surface area contributed by atoms with Gasteiger partial charge in [0.25, 0.3) is 0 Å². The number of rotatable bonds is 8. The van der Waals surface area contributed by atoms with E-state index in [1.807, 2.05) is 0 Å². The lowest BCUT2D eigenvalue weighted by molar-refractivity contribution is 0.524. The van der Waals surface area contributed by atoms with E-state index in [0.717, 1.165) is 24.6 Å². The van der Waals surface area contributed by atoms with Crippen LogP contribution < -0.4 is 10.2 Å². The molecule has 1 aromatic rings. The van der Waals surface area contributed by atoms with E-state index in [1.54, 1.807) is 0 Å². The summed E-state index contributed by atoms with van der Waals surface area (Å²) in [6.45, 7) is 11.1. The zero-order valence-corrected chi connectivity index (χ0v) is 13.4. The average Bonchev–Trinajstić information content (AvgIpc) is 3.26. The quantitative estimate of drug-likeness (QED) is 0.783. The summed E-state index contributed by atoms with van der Waals surface area (Å²) in [6.07, 6.45) is 5.92. The molecule has 0 spiro atoms. The van der Waals surface area contributed by atoms with Gasteiger partial charge in [-0.15, -0.1) is 0 Å². The minimum Gasteiger partial charge on any atom is -0.368 e. The maximum absolute atomic E-state index is 4.70. The van der Waals surface area contributed by atoms with Gasteiger partial charge in [0.1, 0.15) is 0 Å². The summed E-state index contributed by atoms with van der Waals surface area (Å²) in [7, 11) is 0. The molecular formula is C17H29N3. The lowest BCUT2D eigenvalue weighted by atomic mass is 10.1. The Morgan fingerprint density at radius 1 is 1.30 bits per heavy atom. The number of nitrogens with one attached hydrogen (secondary N) is 1. The van der Waals surface area contributed by atoms with Gasteiger partial charge < -0.3 is 10.2 Å². The SMILES string of the molecule is CCNC(CC)c1ccc(N(CC2CC2)C(C)C)cn1. The van der Waals surface area contributed by atoms with Crippen LogP contribution in [0.2, 0.25) is 0 Å². The minimum atomic E-state index is 0.380. The van der Waals surface area contributed by atoms with Crippen LogP contribution in [0.15, 0.2) is 18.3 Å². The predicted octanol–water partition coefficient (Wildman–Crippen LogP) is 3.77. The van der Waals surface area contributed by atoms with Gasteiger partial charge in [-0.1, -0.05) is 13.8 Å². The van der Waals surface area contributed by atoms with Gasteiger partial charge >= 0.3 is 0 Å².